The molecule has 0 bridgehead atoms. The molecule has 1 atom stereocenters. The minimum Gasteiger partial charge on any atom is -0.508 e. The lowest BCUT2D eigenvalue weighted by molar-refractivity contribution is 0.0831. The van der Waals surface area contributed by atoms with E-state index in [0.29, 0.717) is 0 Å². The summed E-state index contributed by atoms with van der Waals surface area (Å²) in [5.41, 5.74) is 2.88. The fraction of sp³-hybridized carbons (Fsp3) is 0.286. The molecule has 2 N–H and O–H groups in total. The number of para-hydroxylation sites is 1. The van der Waals surface area contributed by atoms with Gasteiger partial charge in [0.05, 0.1) is 6.04 Å². The highest BCUT2D eigenvalue weighted by molar-refractivity contribution is 6.10. The normalized spacial score (nSPS) is 16.7. The Bertz CT molecular complexity index is 908. The third-order valence-electron chi connectivity index (χ3n) is 5.31. The number of carbonyl (C=O) groups excluding carboxylic acids is 1. The van der Waals surface area contributed by atoms with Crippen LogP contribution >= 0.6 is 0 Å². The molecule has 0 radical (unpaired) electrons. The molecule has 0 aliphatic carbocycles. The highest BCUT2D eigenvalue weighted by Crippen LogP contribution is 2.23. The minimum absolute atomic E-state index is 0.142. The molecule has 1 aromatic heterocycles. The molecule has 3 aromatic rings. The number of hydrogen-bond acceptors (Lipinski definition) is 4. The Balaban J connectivity index is 1.44. The van der Waals surface area contributed by atoms with Crippen molar-refractivity contribution in [3.63, 3.8) is 0 Å². The monoisotopic (exact) mass is 349 g/mol. The lowest BCUT2D eigenvalue weighted by atomic mass is 10.0. The number of phenolic OH excluding ortho intramolecular Hbond substituents is 1. The van der Waals surface area contributed by atoms with Crippen LogP contribution in [0.5, 0.6) is 5.75 Å². The van der Waals surface area contributed by atoms with Crippen molar-refractivity contribution >= 4 is 22.4 Å². The summed E-state index contributed by atoms with van der Waals surface area (Å²) >= 11 is 0. The van der Waals surface area contributed by atoms with Crippen LogP contribution in [0.25, 0.3) is 10.9 Å². The molecule has 5 heteroatoms. The first-order valence-electron chi connectivity index (χ1n) is 9.02. The number of phenols is 1. The smallest absolute Gasteiger partial charge is 0.181 e. The van der Waals surface area contributed by atoms with E-state index in [1.807, 2.05) is 49.5 Å². The molecule has 1 fully saturated rings. The van der Waals surface area contributed by atoms with Crippen molar-refractivity contribution in [1.82, 2.24) is 9.88 Å². The molecule has 1 aliphatic heterocycles. The number of ketones is 1. The van der Waals surface area contributed by atoms with Crippen LogP contribution in [0.2, 0.25) is 0 Å². The molecule has 2 aromatic carbocycles. The summed E-state index contributed by atoms with van der Waals surface area (Å²) in [4.78, 5) is 20.7. The van der Waals surface area contributed by atoms with Crippen molar-refractivity contribution in [3.05, 3.63) is 60.3 Å². The van der Waals surface area contributed by atoms with Gasteiger partial charge in [-0.1, -0.05) is 18.2 Å². The lowest BCUT2D eigenvalue weighted by Gasteiger charge is -2.38. The maximum atomic E-state index is 13.0. The van der Waals surface area contributed by atoms with Gasteiger partial charge in [0.25, 0.3) is 0 Å². The van der Waals surface area contributed by atoms with Gasteiger partial charge in [-0.2, -0.15) is 0 Å². The molecule has 0 amide bonds. The van der Waals surface area contributed by atoms with Gasteiger partial charge in [0.15, 0.2) is 5.78 Å². The van der Waals surface area contributed by atoms with Gasteiger partial charge < -0.3 is 15.0 Å². The number of rotatable bonds is 4. The number of aromatic nitrogens is 1. The molecule has 26 heavy (non-hydrogen) atoms. The van der Waals surface area contributed by atoms with Crippen molar-refractivity contribution in [1.29, 1.82) is 0 Å². The van der Waals surface area contributed by atoms with Crippen LogP contribution in [0.3, 0.4) is 0 Å². The summed E-state index contributed by atoms with van der Waals surface area (Å²) in [6.07, 6.45) is 1.83. The van der Waals surface area contributed by atoms with Gasteiger partial charge in [-0.05, 0) is 37.3 Å². The molecule has 0 saturated carbocycles. The Morgan fingerprint density at radius 1 is 1.04 bits per heavy atom. The number of nitrogens with one attached hydrogen (secondary N) is 1. The Kier molecular flexibility index (Phi) is 4.39. The van der Waals surface area contributed by atoms with E-state index < -0.39 is 0 Å². The molecule has 5 nitrogen and oxygen atoms in total. The maximum Gasteiger partial charge on any atom is 0.181 e. The quantitative estimate of drug-likeness (QED) is 0.710. The zero-order valence-corrected chi connectivity index (χ0v) is 14.9. The van der Waals surface area contributed by atoms with Crippen LogP contribution in [0, 0.1) is 0 Å². The van der Waals surface area contributed by atoms with Gasteiger partial charge >= 0.3 is 0 Å². The molecular weight excluding hydrogens is 326 g/mol. The number of benzene rings is 2. The van der Waals surface area contributed by atoms with Crippen LogP contribution in [-0.2, 0) is 0 Å². The molecular formula is C21H23N3O2. The number of nitrogens with zero attached hydrogens (tertiary/aromatic N) is 2. The molecule has 0 spiro atoms. The van der Waals surface area contributed by atoms with E-state index in [-0.39, 0.29) is 17.6 Å². The van der Waals surface area contributed by atoms with E-state index in [1.165, 1.54) is 0 Å². The first-order chi connectivity index (χ1) is 12.6. The van der Waals surface area contributed by atoms with Gasteiger partial charge in [0.1, 0.15) is 5.75 Å². The molecule has 2 heterocycles. The third kappa shape index (κ3) is 3.06. The van der Waals surface area contributed by atoms with E-state index in [1.54, 1.807) is 12.1 Å². The second-order valence-electron chi connectivity index (χ2n) is 6.83. The summed E-state index contributed by atoms with van der Waals surface area (Å²) < 4.78 is 0. The second-order valence-corrected chi connectivity index (χ2v) is 6.83. The zero-order chi connectivity index (χ0) is 18.1. The summed E-state index contributed by atoms with van der Waals surface area (Å²) in [6, 6.07) is 15.1. The number of anilines is 1. The zero-order valence-electron chi connectivity index (χ0n) is 14.9. The highest BCUT2D eigenvalue weighted by atomic mass is 16.3. The van der Waals surface area contributed by atoms with Crippen LogP contribution in [0.15, 0.2) is 54.7 Å². The summed E-state index contributed by atoms with van der Waals surface area (Å²) in [7, 11) is 0. The molecule has 1 unspecified atom stereocenters. The Morgan fingerprint density at radius 3 is 2.46 bits per heavy atom. The van der Waals surface area contributed by atoms with E-state index in [0.717, 1.165) is 48.3 Å². The van der Waals surface area contributed by atoms with Crippen LogP contribution in [0.4, 0.5) is 5.69 Å². The van der Waals surface area contributed by atoms with E-state index in [9.17, 15) is 9.90 Å². The van der Waals surface area contributed by atoms with E-state index in [4.69, 9.17) is 0 Å². The van der Waals surface area contributed by atoms with Crippen LogP contribution < -0.4 is 4.90 Å². The number of Topliss-reactive ketones (excluding diaryl/α,β-unsaturated/α-hetero) is 1. The van der Waals surface area contributed by atoms with Gasteiger partial charge in [-0.3, -0.25) is 9.69 Å². The van der Waals surface area contributed by atoms with Gasteiger partial charge in [0, 0.05) is 54.5 Å². The van der Waals surface area contributed by atoms with Crippen molar-refractivity contribution in [2.75, 3.05) is 31.1 Å². The predicted octanol–water partition coefficient (Wildman–Crippen LogP) is 3.27. The SMILES string of the molecule is CC(C(=O)c1c[nH]c2ccccc12)N1CCN(c2ccc(O)cc2)CC1. The average Bonchev–Trinajstić information content (AvgIpc) is 3.12. The van der Waals surface area contributed by atoms with Crippen molar-refractivity contribution in [2.45, 2.75) is 13.0 Å². The first-order valence-corrected chi connectivity index (χ1v) is 9.02. The number of H-pyrrole nitrogens is 1. The van der Waals surface area contributed by atoms with E-state index in [2.05, 4.69) is 14.8 Å². The third-order valence-corrected chi connectivity index (χ3v) is 5.31. The lowest BCUT2D eigenvalue weighted by Crippen LogP contribution is -2.51. The number of piperazine rings is 1. The number of aromatic hydroxyl groups is 1. The van der Waals surface area contributed by atoms with Gasteiger partial charge in [-0.25, -0.2) is 0 Å². The highest BCUT2D eigenvalue weighted by Gasteiger charge is 2.27. The molecule has 4 rings (SSSR count). The summed E-state index contributed by atoms with van der Waals surface area (Å²) in [5, 5.41) is 10.4. The van der Waals surface area contributed by atoms with Crippen molar-refractivity contribution in [3.8, 4) is 5.75 Å². The molecule has 1 saturated heterocycles. The Hall–Kier alpha value is -2.79. The number of carbonyl (C=O) groups is 1. The molecule has 134 valence electrons. The predicted molar refractivity (Wildman–Crippen MR) is 104 cm³/mol. The van der Waals surface area contributed by atoms with Gasteiger partial charge in [0.2, 0.25) is 0 Å². The second kappa shape index (κ2) is 6.84. The molecule has 1 aliphatic rings. The standard InChI is InChI=1S/C21H23N3O2/c1-15(21(26)19-14-22-20-5-3-2-4-18(19)20)23-10-12-24(13-11-23)16-6-8-17(25)9-7-16/h2-9,14-15,22,25H,10-13H2,1H3. The fourth-order valence-corrected chi connectivity index (χ4v) is 3.70. The number of hydrogen-bond donors (Lipinski definition) is 2. The maximum absolute atomic E-state index is 13.0. The summed E-state index contributed by atoms with van der Waals surface area (Å²) in [5.74, 6) is 0.450. The number of aromatic amines is 1. The fourth-order valence-electron chi connectivity index (χ4n) is 3.70. The van der Waals surface area contributed by atoms with Crippen LogP contribution in [0.1, 0.15) is 17.3 Å². The summed E-state index contributed by atoms with van der Waals surface area (Å²) in [6.45, 7) is 5.43. The van der Waals surface area contributed by atoms with Gasteiger partial charge in [-0.15, -0.1) is 0 Å². The number of fused-ring (bicyclic) bond motifs is 1. The Morgan fingerprint density at radius 2 is 1.73 bits per heavy atom. The first kappa shape index (κ1) is 16.7. The topological polar surface area (TPSA) is 59.6 Å². The van der Waals surface area contributed by atoms with Crippen molar-refractivity contribution < 1.29 is 9.90 Å². The average molecular weight is 349 g/mol. The van der Waals surface area contributed by atoms with Crippen molar-refractivity contribution in [2.24, 2.45) is 0 Å². The van der Waals surface area contributed by atoms with Crippen LogP contribution in [-0.4, -0.2) is 53.0 Å². The largest absolute Gasteiger partial charge is 0.508 e. The van der Waals surface area contributed by atoms with E-state index >= 15 is 0 Å². The minimum atomic E-state index is -0.142. The Labute approximate surface area is 152 Å².